The molecule has 0 aliphatic heterocycles. The molecule has 1 aliphatic rings. The normalized spacial score (nSPS) is 15.5. The van der Waals surface area contributed by atoms with E-state index in [4.69, 9.17) is 0 Å². The van der Waals surface area contributed by atoms with Crippen LogP contribution in [-0.2, 0) is 4.79 Å². The zero-order valence-electron chi connectivity index (χ0n) is 10.8. The average molecular weight is 242 g/mol. The Hall–Kier alpha value is -1.26. The van der Waals surface area contributed by atoms with Gasteiger partial charge in [-0.25, -0.2) is 9.59 Å². The summed E-state index contributed by atoms with van der Waals surface area (Å²) in [6.07, 6.45) is 3.12. The lowest BCUT2D eigenvalue weighted by Crippen LogP contribution is -2.56. The first kappa shape index (κ1) is 13.8. The lowest BCUT2D eigenvalue weighted by atomic mass is 9.93. The van der Waals surface area contributed by atoms with E-state index < -0.39 is 11.5 Å². The van der Waals surface area contributed by atoms with Crippen LogP contribution in [0.25, 0.3) is 0 Å². The second-order valence-electron chi connectivity index (χ2n) is 4.85. The van der Waals surface area contributed by atoms with Crippen molar-refractivity contribution in [2.45, 2.75) is 45.1 Å². The lowest BCUT2D eigenvalue weighted by molar-refractivity contribution is -0.144. The third-order valence-electron chi connectivity index (χ3n) is 3.54. The van der Waals surface area contributed by atoms with Gasteiger partial charge in [-0.3, -0.25) is 0 Å². The van der Waals surface area contributed by atoms with Crippen molar-refractivity contribution >= 4 is 12.0 Å². The standard InChI is InChI=1S/C12H22N2O3/c1-4-12(5-2,10(15)16)13-11(17)14(3)8-9-6-7-9/h9H,4-8H2,1-3H3,(H,13,17)(H,15,16). The first-order chi connectivity index (χ1) is 7.95. The van der Waals surface area contributed by atoms with Gasteiger partial charge < -0.3 is 15.3 Å². The van der Waals surface area contributed by atoms with Crippen molar-refractivity contribution in [1.29, 1.82) is 0 Å². The maximum Gasteiger partial charge on any atom is 0.329 e. The Balaban J connectivity index is 2.58. The summed E-state index contributed by atoms with van der Waals surface area (Å²) < 4.78 is 0. The van der Waals surface area contributed by atoms with Crippen LogP contribution in [0.15, 0.2) is 0 Å². The van der Waals surface area contributed by atoms with Gasteiger partial charge in [-0.1, -0.05) is 13.8 Å². The Morgan fingerprint density at radius 2 is 1.88 bits per heavy atom. The molecule has 0 aromatic heterocycles. The number of nitrogens with one attached hydrogen (secondary N) is 1. The van der Waals surface area contributed by atoms with Crippen molar-refractivity contribution in [2.24, 2.45) is 5.92 Å². The Kier molecular flexibility index (Phi) is 4.37. The van der Waals surface area contributed by atoms with Gasteiger partial charge in [0.2, 0.25) is 0 Å². The van der Waals surface area contributed by atoms with Crippen LogP contribution >= 0.6 is 0 Å². The molecule has 0 bridgehead atoms. The molecule has 1 saturated carbocycles. The summed E-state index contributed by atoms with van der Waals surface area (Å²) in [6.45, 7) is 4.27. The first-order valence-corrected chi connectivity index (χ1v) is 6.21. The van der Waals surface area contributed by atoms with Crippen LogP contribution in [-0.4, -0.2) is 41.1 Å². The summed E-state index contributed by atoms with van der Waals surface area (Å²) >= 11 is 0. The molecule has 0 aromatic carbocycles. The van der Waals surface area contributed by atoms with E-state index in [9.17, 15) is 14.7 Å². The molecule has 0 atom stereocenters. The predicted octanol–water partition coefficient (Wildman–Crippen LogP) is 1.68. The summed E-state index contributed by atoms with van der Waals surface area (Å²) in [5.41, 5.74) is -1.13. The van der Waals surface area contributed by atoms with Crippen molar-refractivity contribution < 1.29 is 14.7 Å². The minimum absolute atomic E-state index is 0.289. The molecule has 0 radical (unpaired) electrons. The number of nitrogens with zero attached hydrogens (tertiary/aromatic N) is 1. The fourth-order valence-corrected chi connectivity index (χ4v) is 1.85. The van der Waals surface area contributed by atoms with Crippen LogP contribution < -0.4 is 5.32 Å². The van der Waals surface area contributed by atoms with Crippen molar-refractivity contribution in [2.75, 3.05) is 13.6 Å². The van der Waals surface area contributed by atoms with Crippen LogP contribution in [0.1, 0.15) is 39.5 Å². The molecule has 17 heavy (non-hydrogen) atoms. The average Bonchev–Trinajstić information content (AvgIpc) is 3.09. The van der Waals surface area contributed by atoms with E-state index in [1.54, 1.807) is 25.8 Å². The summed E-state index contributed by atoms with van der Waals surface area (Å²) in [4.78, 5) is 24.7. The molecule has 98 valence electrons. The molecule has 2 amide bonds. The predicted molar refractivity (Wildman–Crippen MR) is 64.8 cm³/mol. The minimum Gasteiger partial charge on any atom is -0.480 e. The van der Waals surface area contributed by atoms with Gasteiger partial charge in [-0.2, -0.15) is 0 Å². The van der Waals surface area contributed by atoms with Gasteiger partial charge in [-0.15, -0.1) is 0 Å². The number of rotatable bonds is 6. The van der Waals surface area contributed by atoms with E-state index in [2.05, 4.69) is 5.32 Å². The highest BCUT2D eigenvalue weighted by Crippen LogP contribution is 2.29. The largest absolute Gasteiger partial charge is 0.480 e. The Bertz CT molecular complexity index is 296. The molecule has 1 rings (SSSR count). The SMILES string of the molecule is CCC(CC)(NC(=O)N(C)CC1CC1)C(=O)O. The minimum atomic E-state index is -1.13. The molecule has 0 heterocycles. The molecule has 1 aliphatic carbocycles. The number of hydrogen-bond donors (Lipinski definition) is 2. The molecular weight excluding hydrogens is 220 g/mol. The zero-order chi connectivity index (χ0) is 13.1. The maximum absolute atomic E-state index is 11.9. The van der Waals surface area contributed by atoms with E-state index in [0.717, 1.165) is 6.54 Å². The third-order valence-corrected chi connectivity index (χ3v) is 3.54. The number of hydrogen-bond acceptors (Lipinski definition) is 2. The van der Waals surface area contributed by atoms with Crippen LogP contribution in [0, 0.1) is 5.92 Å². The highest BCUT2D eigenvalue weighted by molar-refractivity contribution is 5.86. The first-order valence-electron chi connectivity index (χ1n) is 6.21. The Morgan fingerprint density at radius 1 is 1.35 bits per heavy atom. The molecular formula is C12H22N2O3. The number of carbonyl (C=O) groups is 2. The number of urea groups is 1. The van der Waals surface area contributed by atoms with E-state index in [-0.39, 0.29) is 6.03 Å². The molecule has 0 saturated heterocycles. The van der Waals surface area contributed by atoms with Gasteiger partial charge in [0.1, 0.15) is 5.54 Å². The van der Waals surface area contributed by atoms with Crippen LogP contribution in [0.3, 0.4) is 0 Å². The third kappa shape index (κ3) is 3.35. The molecule has 2 N–H and O–H groups in total. The van der Waals surface area contributed by atoms with Gasteiger partial charge >= 0.3 is 12.0 Å². The Labute approximate surface area is 102 Å². The smallest absolute Gasteiger partial charge is 0.329 e. The highest BCUT2D eigenvalue weighted by atomic mass is 16.4. The van der Waals surface area contributed by atoms with Crippen molar-refractivity contribution in [3.05, 3.63) is 0 Å². The fraction of sp³-hybridized carbons (Fsp3) is 0.833. The monoisotopic (exact) mass is 242 g/mol. The second kappa shape index (κ2) is 5.38. The number of amides is 2. The van der Waals surface area contributed by atoms with E-state index >= 15 is 0 Å². The summed E-state index contributed by atoms with van der Waals surface area (Å²) in [5, 5.41) is 11.9. The topological polar surface area (TPSA) is 69.6 Å². The van der Waals surface area contributed by atoms with Crippen molar-refractivity contribution in [3.63, 3.8) is 0 Å². The van der Waals surface area contributed by atoms with Crippen molar-refractivity contribution in [1.82, 2.24) is 10.2 Å². The van der Waals surface area contributed by atoms with Gasteiger partial charge in [-0.05, 0) is 31.6 Å². The van der Waals surface area contributed by atoms with Crippen LogP contribution in [0.2, 0.25) is 0 Å². The van der Waals surface area contributed by atoms with E-state index in [1.165, 1.54) is 12.8 Å². The maximum atomic E-state index is 11.9. The summed E-state index contributed by atoms with van der Waals surface area (Å²) in [6, 6.07) is -0.289. The molecule has 0 aromatic rings. The number of carboxylic acids is 1. The molecule has 0 unspecified atom stereocenters. The summed E-state index contributed by atoms with van der Waals surface area (Å²) in [5.74, 6) is -0.357. The van der Waals surface area contributed by atoms with E-state index in [0.29, 0.717) is 18.8 Å². The molecule has 5 heteroatoms. The van der Waals surface area contributed by atoms with E-state index in [1.807, 2.05) is 0 Å². The molecule has 0 spiro atoms. The van der Waals surface area contributed by atoms with Crippen LogP contribution in [0.5, 0.6) is 0 Å². The lowest BCUT2D eigenvalue weighted by Gasteiger charge is -2.30. The van der Waals surface area contributed by atoms with Crippen molar-refractivity contribution in [3.8, 4) is 0 Å². The summed E-state index contributed by atoms with van der Waals surface area (Å²) in [7, 11) is 1.71. The van der Waals surface area contributed by atoms with Gasteiger partial charge in [0.15, 0.2) is 0 Å². The highest BCUT2D eigenvalue weighted by Gasteiger charge is 2.37. The number of carbonyl (C=O) groups excluding carboxylic acids is 1. The van der Waals surface area contributed by atoms with Gasteiger partial charge in [0.25, 0.3) is 0 Å². The molecule has 1 fully saturated rings. The second-order valence-corrected chi connectivity index (χ2v) is 4.85. The number of aliphatic carboxylic acids is 1. The van der Waals surface area contributed by atoms with Gasteiger partial charge in [0, 0.05) is 13.6 Å². The molecule has 5 nitrogen and oxygen atoms in total. The zero-order valence-corrected chi connectivity index (χ0v) is 10.8. The Morgan fingerprint density at radius 3 is 2.24 bits per heavy atom. The fourth-order valence-electron chi connectivity index (χ4n) is 1.85. The number of carboxylic acid groups (broad SMARTS) is 1. The van der Waals surface area contributed by atoms with Crippen LogP contribution in [0.4, 0.5) is 4.79 Å². The quantitative estimate of drug-likeness (QED) is 0.744. The van der Waals surface area contributed by atoms with Gasteiger partial charge in [0.05, 0.1) is 0 Å².